The van der Waals surface area contributed by atoms with Crippen molar-refractivity contribution in [3.8, 4) is 5.75 Å². The number of carbonyl (C=O) groups excluding carboxylic acids is 1. The summed E-state index contributed by atoms with van der Waals surface area (Å²) >= 11 is 3.25. The van der Waals surface area contributed by atoms with Crippen LogP contribution in [0.3, 0.4) is 0 Å². The number of rotatable bonds is 4. The van der Waals surface area contributed by atoms with Gasteiger partial charge in [-0.3, -0.25) is 4.79 Å². The second kappa shape index (κ2) is 6.00. The van der Waals surface area contributed by atoms with Gasteiger partial charge in [0.05, 0.1) is 0 Å². The van der Waals surface area contributed by atoms with E-state index in [0.717, 1.165) is 0 Å². The van der Waals surface area contributed by atoms with Crippen LogP contribution in [0.1, 0.15) is 15.9 Å². The molecule has 0 heterocycles. The van der Waals surface area contributed by atoms with Crippen molar-refractivity contribution in [1.82, 2.24) is 0 Å². The predicted molar refractivity (Wildman–Crippen MR) is 75.1 cm³/mol. The molecule has 0 atom stereocenters. The molecule has 6 heteroatoms. The van der Waals surface area contributed by atoms with Gasteiger partial charge in [0.25, 0.3) is 0 Å². The molecule has 0 aliphatic carbocycles. The number of anilines is 1. The number of nitrogens with two attached hydrogens (primary N) is 1. The molecule has 2 aromatic rings. The van der Waals surface area contributed by atoms with Crippen molar-refractivity contribution in [2.45, 2.75) is 6.61 Å². The maximum absolute atomic E-state index is 12.3. The Bertz CT molecular complexity index is 647. The van der Waals surface area contributed by atoms with Gasteiger partial charge in [0, 0.05) is 21.3 Å². The number of benzene rings is 2. The molecule has 104 valence electrons. The molecule has 20 heavy (non-hydrogen) atoms. The first-order valence-electron chi connectivity index (χ1n) is 5.62. The van der Waals surface area contributed by atoms with E-state index >= 15 is 0 Å². The van der Waals surface area contributed by atoms with Crippen LogP contribution in [0.4, 0.5) is 14.5 Å². The molecule has 0 aliphatic rings. The second-order valence-corrected chi connectivity index (χ2v) is 4.83. The summed E-state index contributed by atoms with van der Waals surface area (Å²) in [5, 5.41) is 0. The Balaban J connectivity index is 2.33. The average Bonchev–Trinajstić information content (AvgIpc) is 2.37. The zero-order chi connectivity index (χ0) is 14.7. The number of halogens is 3. The summed E-state index contributed by atoms with van der Waals surface area (Å²) < 4.78 is 29.1. The smallest absolute Gasteiger partial charge is 0.387 e. The molecule has 2 N–H and O–H groups in total. The molecule has 0 saturated heterocycles. The Labute approximate surface area is 122 Å². The maximum atomic E-state index is 12.3. The van der Waals surface area contributed by atoms with Crippen LogP contribution >= 0.6 is 15.9 Å². The van der Waals surface area contributed by atoms with Gasteiger partial charge in [-0.25, -0.2) is 0 Å². The number of carbonyl (C=O) groups is 1. The van der Waals surface area contributed by atoms with Crippen LogP contribution in [0, 0.1) is 0 Å². The lowest BCUT2D eigenvalue weighted by molar-refractivity contribution is -0.0498. The number of ether oxygens (including phenoxy) is 1. The molecule has 2 aromatic carbocycles. The van der Waals surface area contributed by atoms with Crippen LogP contribution in [0.25, 0.3) is 0 Å². The van der Waals surface area contributed by atoms with Crippen LogP contribution in [-0.4, -0.2) is 12.4 Å². The van der Waals surface area contributed by atoms with Gasteiger partial charge >= 0.3 is 6.61 Å². The van der Waals surface area contributed by atoms with Gasteiger partial charge in [0.2, 0.25) is 0 Å². The number of alkyl halides is 2. The molecule has 0 aliphatic heterocycles. The Hall–Kier alpha value is -1.95. The first kappa shape index (κ1) is 14.5. The molecule has 0 amide bonds. The molecule has 0 radical (unpaired) electrons. The van der Waals surface area contributed by atoms with Crippen molar-refractivity contribution in [3.63, 3.8) is 0 Å². The fraction of sp³-hybridized carbons (Fsp3) is 0.0714. The zero-order valence-corrected chi connectivity index (χ0v) is 11.7. The van der Waals surface area contributed by atoms with E-state index in [4.69, 9.17) is 5.73 Å². The first-order chi connectivity index (χ1) is 9.47. The van der Waals surface area contributed by atoms with Crippen LogP contribution in [0.5, 0.6) is 5.75 Å². The van der Waals surface area contributed by atoms with E-state index in [1.807, 2.05) is 0 Å². The third-order valence-electron chi connectivity index (χ3n) is 2.56. The fourth-order valence-electron chi connectivity index (χ4n) is 1.68. The number of hydrogen-bond acceptors (Lipinski definition) is 3. The second-order valence-electron chi connectivity index (χ2n) is 3.97. The molecule has 3 nitrogen and oxygen atoms in total. The number of nitrogen functional groups attached to an aromatic ring is 1. The Morgan fingerprint density at radius 2 is 1.95 bits per heavy atom. The van der Waals surface area contributed by atoms with Crippen molar-refractivity contribution in [2.24, 2.45) is 0 Å². The number of ketones is 1. The molecule has 0 aromatic heterocycles. The van der Waals surface area contributed by atoms with Crippen LogP contribution in [-0.2, 0) is 0 Å². The fourth-order valence-corrected chi connectivity index (χ4v) is 2.26. The minimum atomic E-state index is -2.93. The maximum Gasteiger partial charge on any atom is 0.387 e. The monoisotopic (exact) mass is 341 g/mol. The van der Waals surface area contributed by atoms with E-state index in [9.17, 15) is 13.6 Å². The molecule has 0 unspecified atom stereocenters. The predicted octanol–water partition coefficient (Wildman–Crippen LogP) is 3.86. The molecule has 0 saturated carbocycles. The van der Waals surface area contributed by atoms with Gasteiger partial charge in [-0.15, -0.1) is 0 Å². The largest absolute Gasteiger partial charge is 0.435 e. The zero-order valence-electron chi connectivity index (χ0n) is 10.1. The molecular formula is C14H10BrF2NO2. The summed E-state index contributed by atoms with van der Waals surface area (Å²) in [5.74, 6) is -0.367. The normalized spacial score (nSPS) is 10.6. The van der Waals surface area contributed by atoms with Gasteiger partial charge in [-0.2, -0.15) is 8.78 Å². The minimum absolute atomic E-state index is 0.0579. The van der Waals surface area contributed by atoms with Crippen molar-refractivity contribution >= 4 is 27.4 Å². The number of hydrogen-bond donors (Lipinski definition) is 1. The molecule has 0 fully saturated rings. The lowest BCUT2D eigenvalue weighted by atomic mass is 10.0. The summed E-state index contributed by atoms with van der Waals surface area (Å²) in [4.78, 5) is 12.3. The Morgan fingerprint density at radius 1 is 1.20 bits per heavy atom. The lowest BCUT2D eigenvalue weighted by Gasteiger charge is -2.08. The molecule has 0 spiro atoms. The van der Waals surface area contributed by atoms with E-state index in [1.165, 1.54) is 24.3 Å². The van der Waals surface area contributed by atoms with Gasteiger partial charge in [-0.05, 0) is 46.3 Å². The van der Waals surface area contributed by atoms with E-state index in [-0.39, 0.29) is 17.1 Å². The molecular weight excluding hydrogens is 332 g/mol. The van der Waals surface area contributed by atoms with Crippen LogP contribution < -0.4 is 10.5 Å². The van der Waals surface area contributed by atoms with Crippen molar-refractivity contribution in [3.05, 3.63) is 58.1 Å². The van der Waals surface area contributed by atoms with E-state index in [2.05, 4.69) is 20.7 Å². The van der Waals surface area contributed by atoms with Crippen LogP contribution in [0.15, 0.2) is 46.9 Å². The summed E-state index contributed by atoms with van der Waals surface area (Å²) in [6.07, 6.45) is 0. The summed E-state index contributed by atoms with van der Waals surface area (Å²) in [5.41, 5.74) is 6.77. The van der Waals surface area contributed by atoms with Crippen molar-refractivity contribution in [2.75, 3.05) is 5.73 Å². The first-order valence-corrected chi connectivity index (χ1v) is 6.41. The topological polar surface area (TPSA) is 52.3 Å². The van der Waals surface area contributed by atoms with E-state index < -0.39 is 6.61 Å². The van der Waals surface area contributed by atoms with Gasteiger partial charge in [0.1, 0.15) is 5.75 Å². The lowest BCUT2D eigenvalue weighted by Crippen LogP contribution is -2.05. The Kier molecular flexibility index (Phi) is 4.34. The van der Waals surface area contributed by atoms with Gasteiger partial charge in [-0.1, -0.05) is 12.1 Å². The third kappa shape index (κ3) is 3.33. The highest BCUT2D eigenvalue weighted by atomic mass is 79.9. The summed E-state index contributed by atoms with van der Waals surface area (Å²) in [6.45, 7) is -2.93. The minimum Gasteiger partial charge on any atom is -0.435 e. The van der Waals surface area contributed by atoms with E-state index in [0.29, 0.717) is 15.7 Å². The standard InChI is InChI=1S/C14H10BrF2NO2/c15-12-7-9(18)4-5-11(12)13(19)8-2-1-3-10(6-8)20-14(16)17/h1-7,14H,18H2. The molecule has 0 bridgehead atoms. The Morgan fingerprint density at radius 3 is 2.60 bits per heavy atom. The summed E-state index contributed by atoms with van der Waals surface area (Å²) in [7, 11) is 0. The average molecular weight is 342 g/mol. The van der Waals surface area contributed by atoms with Gasteiger partial charge in [0.15, 0.2) is 5.78 Å². The highest BCUT2D eigenvalue weighted by Gasteiger charge is 2.14. The summed E-state index contributed by atoms with van der Waals surface area (Å²) in [6, 6.07) is 10.4. The highest BCUT2D eigenvalue weighted by molar-refractivity contribution is 9.10. The van der Waals surface area contributed by atoms with Gasteiger partial charge < -0.3 is 10.5 Å². The SMILES string of the molecule is Nc1ccc(C(=O)c2cccc(OC(F)F)c2)c(Br)c1. The molecule has 2 rings (SSSR count). The van der Waals surface area contributed by atoms with Crippen LogP contribution in [0.2, 0.25) is 0 Å². The highest BCUT2D eigenvalue weighted by Crippen LogP contribution is 2.24. The van der Waals surface area contributed by atoms with Crippen molar-refractivity contribution < 1.29 is 18.3 Å². The van der Waals surface area contributed by atoms with E-state index in [1.54, 1.807) is 18.2 Å². The quantitative estimate of drug-likeness (QED) is 0.678. The van der Waals surface area contributed by atoms with Crippen molar-refractivity contribution in [1.29, 1.82) is 0 Å². The third-order valence-corrected chi connectivity index (χ3v) is 3.22.